The van der Waals surface area contributed by atoms with Gasteiger partial charge in [0.1, 0.15) is 0 Å². The minimum absolute atomic E-state index is 0.463. The van der Waals surface area contributed by atoms with Gasteiger partial charge in [-0.1, -0.05) is 27.7 Å². The minimum atomic E-state index is 0.463. The van der Waals surface area contributed by atoms with E-state index in [-0.39, 0.29) is 0 Å². The number of ether oxygens (including phenoxy) is 1. The molecule has 0 saturated carbocycles. The highest BCUT2D eigenvalue weighted by molar-refractivity contribution is 4.91. The molecule has 0 amide bonds. The van der Waals surface area contributed by atoms with Crippen molar-refractivity contribution in [1.29, 1.82) is 0 Å². The van der Waals surface area contributed by atoms with Crippen LogP contribution in [0.5, 0.6) is 0 Å². The summed E-state index contributed by atoms with van der Waals surface area (Å²) in [5.74, 6) is 0.807. The molecule has 16 heavy (non-hydrogen) atoms. The Morgan fingerprint density at radius 1 is 1.19 bits per heavy atom. The third-order valence-corrected chi connectivity index (χ3v) is 3.87. The third-order valence-electron chi connectivity index (χ3n) is 3.87. The van der Waals surface area contributed by atoms with Crippen molar-refractivity contribution in [3.8, 4) is 0 Å². The second kappa shape index (κ2) is 4.66. The molecule has 3 atom stereocenters. The lowest BCUT2D eigenvalue weighted by molar-refractivity contribution is -0.0223. The van der Waals surface area contributed by atoms with Gasteiger partial charge in [0.2, 0.25) is 0 Å². The average Bonchev–Trinajstić information content (AvgIpc) is 2.39. The van der Waals surface area contributed by atoms with Crippen molar-refractivity contribution in [2.45, 2.75) is 59.0 Å². The third kappa shape index (κ3) is 2.98. The molecule has 2 aliphatic heterocycles. The van der Waals surface area contributed by atoms with Crippen molar-refractivity contribution in [2.75, 3.05) is 19.8 Å². The molecule has 0 radical (unpaired) electrons. The van der Waals surface area contributed by atoms with E-state index in [9.17, 15) is 0 Å². The molecule has 94 valence electrons. The lowest BCUT2D eigenvalue weighted by Crippen LogP contribution is -2.47. The van der Waals surface area contributed by atoms with Crippen molar-refractivity contribution in [1.82, 2.24) is 4.90 Å². The second-order valence-electron chi connectivity index (χ2n) is 6.99. The molecular formula is C14H27NO. The Morgan fingerprint density at radius 2 is 1.75 bits per heavy atom. The van der Waals surface area contributed by atoms with Gasteiger partial charge in [0, 0.05) is 18.6 Å². The van der Waals surface area contributed by atoms with Crippen LogP contribution in [0.15, 0.2) is 0 Å². The Balaban J connectivity index is 1.85. The van der Waals surface area contributed by atoms with Crippen LogP contribution in [0.25, 0.3) is 0 Å². The van der Waals surface area contributed by atoms with Crippen LogP contribution in [-0.4, -0.2) is 36.7 Å². The van der Waals surface area contributed by atoms with E-state index in [1.54, 1.807) is 0 Å². The van der Waals surface area contributed by atoms with Gasteiger partial charge in [-0.3, -0.25) is 4.90 Å². The number of hydrogen-bond donors (Lipinski definition) is 0. The maximum absolute atomic E-state index is 5.63. The first-order valence-electron chi connectivity index (χ1n) is 6.79. The van der Waals surface area contributed by atoms with E-state index in [0.29, 0.717) is 5.41 Å². The van der Waals surface area contributed by atoms with Crippen LogP contribution in [0.4, 0.5) is 0 Å². The second-order valence-corrected chi connectivity index (χ2v) is 6.99. The molecule has 0 aromatic heterocycles. The van der Waals surface area contributed by atoms with Crippen molar-refractivity contribution in [3.63, 3.8) is 0 Å². The molecule has 2 unspecified atom stereocenters. The summed E-state index contributed by atoms with van der Waals surface area (Å²) in [6.07, 6.45) is 4.03. The first kappa shape index (κ1) is 12.4. The van der Waals surface area contributed by atoms with E-state index in [4.69, 9.17) is 4.74 Å². The summed E-state index contributed by atoms with van der Waals surface area (Å²) < 4.78 is 5.63. The lowest BCUT2D eigenvalue weighted by Gasteiger charge is -2.37. The highest BCUT2D eigenvalue weighted by Crippen LogP contribution is 2.32. The van der Waals surface area contributed by atoms with E-state index >= 15 is 0 Å². The van der Waals surface area contributed by atoms with Crippen LogP contribution in [0.3, 0.4) is 0 Å². The fourth-order valence-electron chi connectivity index (χ4n) is 3.48. The molecule has 2 rings (SSSR count). The summed E-state index contributed by atoms with van der Waals surface area (Å²) in [7, 11) is 0. The summed E-state index contributed by atoms with van der Waals surface area (Å²) in [6, 6.07) is 1.45. The molecule has 2 aliphatic rings. The zero-order valence-corrected chi connectivity index (χ0v) is 11.3. The summed E-state index contributed by atoms with van der Waals surface area (Å²) in [5, 5.41) is 0. The van der Waals surface area contributed by atoms with Gasteiger partial charge in [0.25, 0.3) is 0 Å². The van der Waals surface area contributed by atoms with Gasteiger partial charge in [-0.15, -0.1) is 0 Å². The van der Waals surface area contributed by atoms with Crippen LogP contribution >= 0.6 is 0 Å². The average molecular weight is 225 g/mol. The Morgan fingerprint density at radius 3 is 2.25 bits per heavy atom. The molecular weight excluding hydrogens is 198 g/mol. The number of rotatable bonds is 3. The molecule has 2 heterocycles. The largest absolute Gasteiger partial charge is 0.378 e. The Kier molecular flexibility index (Phi) is 3.60. The molecule has 2 heteroatoms. The Hall–Kier alpha value is -0.0800. The Labute approximate surface area is 100 Å². The number of hydrogen-bond acceptors (Lipinski definition) is 2. The van der Waals surface area contributed by atoms with E-state index in [1.807, 2.05) is 0 Å². The van der Waals surface area contributed by atoms with E-state index in [2.05, 4.69) is 32.6 Å². The predicted molar refractivity (Wildman–Crippen MR) is 67.6 cm³/mol. The fraction of sp³-hybridized carbons (Fsp3) is 1.00. The van der Waals surface area contributed by atoms with Gasteiger partial charge in [-0.2, -0.15) is 0 Å². The number of fused-ring (bicyclic) bond motifs is 2. The first-order chi connectivity index (χ1) is 7.46. The molecule has 2 saturated heterocycles. The van der Waals surface area contributed by atoms with E-state index in [0.717, 1.165) is 31.2 Å². The van der Waals surface area contributed by atoms with Crippen molar-refractivity contribution in [3.05, 3.63) is 0 Å². The quantitative estimate of drug-likeness (QED) is 0.732. The number of nitrogens with zero attached hydrogens (tertiary/aromatic N) is 1. The Bertz CT molecular complexity index is 217. The van der Waals surface area contributed by atoms with Crippen molar-refractivity contribution < 1.29 is 4.74 Å². The standard InChI is InChI=1S/C14H27NO/c1-11(7-14(2,3)4)8-15-12-5-6-13(15)10-16-9-12/h11-13H,5-10H2,1-4H3/t11-,12?,13?/m0/s1. The number of morpholine rings is 1. The molecule has 2 fully saturated rings. The highest BCUT2D eigenvalue weighted by atomic mass is 16.5. The zero-order chi connectivity index (χ0) is 11.8. The molecule has 0 N–H and O–H groups in total. The van der Waals surface area contributed by atoms with Crippen LogP contribution in [0.1, 0.15) is 47.0 Å². The van der Waals surface area contributed by atoms with Crippen LogP contribution in [-0.2, 0) is 4.74 Å². The lowest BCUT2D eigenvalue weighted by atomic mass is 9.85. The molecule has 0 spiro atoms. The van der Waals surface area contributed by atoms with Gasteiger partial charge in [0.05, 0.1) is 13.2 Å². The normalized spacial score (nSPS) is 33.0. The van der Waals surface area contributed by atoms with Crippen molar-refractivity contribution >= 4 is 0 Å². The summed E-state index contributed by atoms with van der Waals surface area (Å²) >= 11 is 0. The van der Waals surface area contributed by atoms with Crippen LogP contribution in [0.2, 0.25) is 0 Å². The molecule has 0 aromatic carbocycles. The molecule has 2 nitrogen and oxygen atoms in total. The maximum atomic E-state index is 5.63. The van der Waals surface area contributed by atoms with E-state index in [1.165, 1.54) is 25.8 Å². The van der Waals surface area contributed by atoms with Gasteiger partial charge >= 0.3 is 0 Å². The van der Waals surface area contributed by atoms with Crippen molar-refractivity contribution in [2.24, 2.45) is 11.3 Å². The zero-order valence-electron chi connectivity index (χ0n) is 11.3. The maximum Gasteiger partial charge on any atom is 0.0622 e. The van der Waals surface area contributed by atoms with Gasteiger partial charge in [-0.05, 0) is 30.6 Å². The SMILES string of the molecule is C[C@H](CN1C2CCC1COC2)CC(C)(C)C. The monoisotopic (exact) mass is 225 g/mol. The minimum Gasteiger partial charge on any atom is -0.378 e. The topological polar surface area (TPSA) is 12.5 Å². The van der Waals surface area contributed by atoms with Gasteiger partial charge in [-0.25, -0.2) is 0 Å². The smallest absolute Gasteiger partial charge is 0.0622 e. The molecule has 2 bridgehead atoms. The first-order valence-corrected chi connectivity index (χ1v) is 6.79. The van der Waals surface area contributed by atoms with Crippen LogP contribution in [0, 0.1) is 11.3 Å². The fourth-order valence-corrected chi connectivity index (χ4v) is 3.48. The summed E-state index contributed by atoms with van der Waals surface area (Å²) in [5.41, 5.74) is 0.463. The predicted octanol–water partition coefficient (Wildman–Crippen LogP) is 2.92. The summed E-state index contributed by atoms with van der Waals surface area (Å²) in [4.78, 5) is 2.72. The summed E-state index contributed by atoms with van der Waals surface area (Å²) in [6.45, 7) is 12.7. The van der Waals surface area contributed by atoms with Crippen LogP contribution < -0.4 is 0 Å². The van der Waals surface area contributed by atoms with E-state index < -0.39 is 0 Å². The van der Waals surface area contributed by atoms with Gasteiger partial charge < -0.3 is 4.74 Å². The van der Waals surface area contributed by atoms with Gasteiger partial charge in [0.15, 0.2) is 0 Å². The molecule has 0 aliphatic carbocycles. The molecule has 0 aromatic rings. The highest BCUT2D eigenvalue weighted by Gasteiger charge is 2.37.